The molecule has 0 fully saturated rings. The average molecular weight is 261 g/mol. The molecule has 0 aliphatic carbocycles. The molecule has 0 radical (unpaired) electrons. The Bertz CT molecular complexity index is 515. The van der Waals surface area contributed by atoms with Crippen molar-refractivity contribution in [1.82, 2.24) is 15.1 Å². The number of hydrogen-bond donors (Lipinski definition) is 1. The first-order valence-electron chi connectivity index (χ1n) is 6.52. The van der Waals surface area contributed by atoms with Gasteiger partial charge >= 0.3 is 0 Å². The zero-order valence-corrected chi connectivity index (χ0v) is 11.3. The largest absolute Gasteiger partial charge is 0.469 e. The van der Waals surface area contributed by atoms with Crippen molar-refractivity contribution in [1.29, 1.82) is 0 Å². The van der Waals surface area contributed by atoms with E-state index >= 15 is 0 Å². The van der Waals surface area contributed by atoms with Gasteiger partial charge in [0.25, 0.3) is 5.91 Å². The summed E-state index contributed by atoms with van der Waals surface area (Å²) in [6, 6.07) is 5.73. The summed E-state index contributed by atoms with van der Waals surface area (Å²) < 4.78 is 6.96. The molecule has 2 aromatic rings. The van der Waals surface area contributed by atoms with E-state index in [1.807, 2.05) is 26.0 Å². The molecular formula is C14H19N3O2. The van der Waals surface area contributed by atoms with Crippen LogP contribution in [0, 0.1) is 0 Å². The third kappa shape index (κ3) is 3.47. The number of hydrogen-bond acceptors (Lipinski definition) is 3. The van der Waals surface area contributed by atoms with Crippen molar-refractivity contribution < 1.29 is 9.21 Å². The van der Waals surface area contributed by atoms with Gasteiger partial charge in [0.1, 0.15) is 11.5 Å². The number of furan rings is 1. The summed E-state index contributed by atoms with van der Waals surface area (Å²) in [5.41, 5.74) is 0.605. The van der Waals surface area contributed by atoms with Crippen LogP contribution in [0.4, 0.5) is 0 Å². The average Bonchev–Trinajstić information content (AvgIpc) is 3.04. The predicted molar refractivity (Wildman–Crippen MR) is 72.0 cm³/mol. The standard InChI is InChI=1S/C14H19N3O2/c1-11(2)17-13(7-9-16-17)14(18)15-8-3-5-12-6-4-10-19-12/h4,6-7,9-11H,3,5,8H2,1-2H3,(H,15,18). The van der Waals surface area contributed by atoms with Crippen LogP contribution in [0.2, 0.25) is 0 Å². The van der Waals surface area contributed by atoms with Crippen molar-refractivity contribution in [3.8, 4) is 0 Å². The van der Waals surface area contributed by atoms with Gasteiger partial charge in [-0.25, -0.2) is 0 Å². The summed E-state index contributed by atoms with van der Waals surface area (Å²) in [5, 5.41) is 7.05. The molecule has 0 spiro atoms. The molecule has 0 saturated heterocycles. The van der Waals surface area contributed by atoms with Gasteiger partial charge in [-0.3, -0.25) is 9.48 Å². The molecule has 0 unspecified atom stereocenters. The smallest absolute Gasteiger partial charge is 0.269 e. The van der Waals surface area contributed by atoms with Crippen molar-refractivity contribution in [2.45, 2.75) is 32.7 Å². The van der Waals surface area contributed by atoms with Crippen LogP contribution < -0.4 is 5.32 Å². The summed E-state index contributed by atoms with van der Waals surface area (Å²) in [4.78, 5) is 12.0. The highest BCUT2D eigenvalue weighted by molar-refractivity contribution is 5.92. The summed E-state index contributed by atoms with van der Waals surface area (Å²) in [5.74, 6) is 0.868. The van der Waals surface area contributed by atoms with Gasteiger partial charge in [-0.15, -0.1) is 0 Å². The Morgan fingerprint density at radius 1 is 1.47 bits per heavy atom. The molecule has 1 amide bonds. The van der Waals surface area contributed by atoms with Crippen molar-refractivity contribution in [3.05, 3.63) is 42.1 Å². The van der Waals surface area contributed by atoms with Crippen molar-refractivity contribution >= 4 is 5.91 Å². The van der Waals surface area contributed by atoms with Gasteiger partial charge in [0.2, 0.25) is 0 Å². The third-order valence-electron chi connectivity index (χ3n) is 2.86. The Labute approximate surface area is 112 Å². The molecule has 5 heteroatoms. The molecular weight excluding hydrogens is 242 g/mol. The van der Waals surface area contributed by atoms with Crippen molar-refractivity contribution in [2.24, 2.45) is 0 Å². The van der Waals surface area contributed by atoms with Gasteiger partial charge < -0.3 is 9.73 Å². The molecule has 0 atom stereocenters. The first-order chi connectivity index (χ1) is 9.18. The molecule has 0 aromatic carbocycles. The van der Waals surface area contributed by atoms with Crippen LogP contribution in [0.3, 0.4) is 0 Å². The molecule has 5 nitrogen and oxygen atoms in total. The molecule has 1 N–H and O–H groups in total. The molecule has 102 valence electrons. The van der Waals surface area contributed by atoms with Crippen LogP contribution in [0.1, 0.15) is 42.6 Å². The minimum atomic E-state index is -0.0781. The number of carbonyl (C=O) groups is 1. The molecule has 0 saturated carbocycles. The van der Waals surface area contributed by atoms with Gasteiger partial charge in [-0.2, -0.15) is 5.10 Å². The Hall–Kier alpha value is -2.04. The molecule has 2 heterocycles. The second-order valence-corrected chi connectivity index (χ2v) is 4.69. The van der Waals surface area contributed by atoms with E-state index in [-0.39, 0.29) is 11.9 Å². The Balaban J connectivity index is 1.79. The SMILES string of the molecule is CC(C)n1nccc1C(=O)NCCCc1ccco1. The number of amides is 1. The maximum Gasteiger partial charge on any atom is 0.269 e. The number of nitrogens with zero attached hydrogens (tertiary/aromatic N) is 2. The van der Waals surface area contributed by atoms with E-state index < -0.39 is 0 Å². The summed E-state index contributed by atoms with van der Waals surface area (Å²) in [6.45, 7) is 4.63. The fourth-order valence-corrected chi connectivity index (χ4v) is 1.92. The number of nitrogens with one attached hydrogen (secondary N) is 1. The van der Waals surface area contributed by atoms with E-state index in [0.29, 0.717) is 12.2 Å². The normalized spacial score (nSPS) is 10.9. The van der Waals surface area contributed by atoms with Crippen LogP contribution in [0.25, 0.3) is 0 Å². The summed E-state index contributed by atoms with van der Waals surface area (Å²) in [6.07, 6.45) is 5.00. The molecule has 0 aliphatic heterocycles. The number of aromatic nitrogens is 2. The zero-order valence-electron chi connectivity index (χ0n) is 11.3. The summed E-state index contributed by atoms with van der Waals surface area (Å²) >= 11 is 0. The lowest BCUT2D eigenvalue weighted by molar-refractivity contribution is 0.0940. The van der Waals surface area contributed by atoms with E-state index in [9.17, 15) is 4.79 Å². The van der Waals surface area contributed by atoms with Gasteiger partial charge in [0.15, 0.2) is 0 Å². The van der Waals surface area contributed by atoms with E-state index in [0.717, 1.165) is 18.6 Å². The second kappa shape index (κ2) is 6.22. The minimum absolute atomic E-state index is 0.0781. The van der Waals surface area contributed by atoms with Gasteiger partial charge in [-0.1, -0.05) is 0 Å². The molecule has 0 bridgehead atoms. The highest BCUT2D eigenvalue weighted by Crippen LogP contribution is 2.08. The van der Waals surface area contributed by atoms with E-state index in [1.54, 1.807) is 23.2 Å². The Morgan fingerprint density at radius 3 is 3.00 bits per heavy atom. The van der Waals surface area contributed by atoms with Crippen molar-refractivity contribution in [3.63, 3.8) is 0 Å². The maximum atomic E-state index is 12.0. The highest BCUT2D eigenvalue weighted by atomic mass is 16.3. The Kier molecular flexibility index (Phi) is 4.39. The van der Waals surface area contributed by atoms with Gasteiger partial charge in [0, 0.05) is 25.2 Å². The number of rotatable bonds is 6. The maximum absolute atomic E-state index is 12.0. The van der Waals surface area contributed by atoms with E-state index in [4.69, 9.17) is 4.42 Å². The fraction of sp³-hybridized carbons (Fsp3) is 0.429. The van der Waals surface area contributed by atoms with Crippen LogP contribution >= 0.6 is 0 Å². The highest BCUT2D eigenvalue weighted by Gasteiger charge is 2.13. The molecule has 2 rings (SSSR count). The minimum Gasteiger partial charge on any atom is -0.469 e. The monoisotopic (exact) mass is 261 g/mol. The first-order valence-corrected chi connectivity index (χ1v) is 6.52. The van der Waals surface area contributed by atoms with Crippen LogP contribution in [-0.4, -0.2) is 22.2 Å². The third-order valence-corrected chi connectivity index (χ3v) is 2.86. The van der Waals surface area contributed by atoms with Gasteiger partial charge in [-0.05, 0) is 38.5 Å². The van der Waals surface area contributed by atoms with E-state index in [1.165, 1.54) is 0 Å². The Morgan fingerprint density at radius 2 is 2.32 bits per heavy atom. The topological polar surface area (TPSA) is 60.1 Å². The van der Waals surface area contributed by atoms with Gasteiger partial charge in [0.05, 0.1) is 6.26 Å². The molecule has 19 heavy (non-hydrogen) atoms. The molecule has 0 aliphatic rings. The summed E-state index contributed by atoms with van der Waals surface area (Å²) in [7, 11) is 0. The number of aryl methyl sites for hydroxylation is 1. The van der Waals surface area contributed by atoms with Crippen LogP contribution in [-0.2, 0) is 6.42 Å². The number of carbonyl (C=O) groups excluding carboxylic acids is 1. The van der Waals surface area contributed by atoms with Crippen LogP contribution in [0.5, 0.6) is 0 Å². The second-order valence-electron chi connectivity index (χ2n) is 4.69. The first kappa shape index (κ1) is 13.4. The van der Waals surface area contributed by atoms with Crippen molar-refractivity contribution in [2.75, 3.05) is 6.54 Å². The zero-order chi connectivity index (χ0) is 13.7. The quantitative estimate of drug-likeness (QED) is 0.812. The molecule has 2 aromatic heterocycles. The lowest BCUT2D eigenvalue weighted by Gasteiger charge is -2.10. The fourth-order valence-electron chi connectivity index (χ4n) is 1.92. The van der Waals surface area contributed by atoms with Crippen LogP contribution in [0.15, 0.2) is 35.1 Å². The van der Waals surface area contributed by atoms with E-state index in [2.05, 4.69) is 10.4 Å². The lowest BCUT2D eigenvalue weighted by Crippen LogP contribution is -2.27. The predicted octanol–water partition coefficient (Wildman–Crippen LogP) is 2.42. The lowest BCUT2D eigenvalue weighted by atomic mass is 10.2.